The lowest BCUT2D eigenvalue weighted by atomic mass is 10.2. The molecule has 0 N–H and O–H groups in total. The number of carbonyl (C=O) groups excluding carboxylic acids is 1. The zero-order valence-corrected chi connectivity index (χ0v) is 8.26. The van der Waals surface area contributed by atoms with Crippen molar-refractivity contribution in [3.05, 3.63) is 0 Å². The fourth-order valence-electron chi connectivity index (χ4n) is 1.18. The number of rotatable bonds is 4. The lowest BCUT2D eigenvalue weighted by Gasteiger charge is -1.98. The summed E-state index contributed by atoms with van der Waals surface area (Å²) in [6, 6.07) is 0. The van der Waals surface area contributed by atoms with E-state index >= 15 is 0 Å². The second kappa shape index (κ2) is 4.10. The lowest BCUT2D eigenvalue weighted by molar-refractivity contribution is -0.143. The molecule has 1 rings (SSSR count). The molecule has 0 amide bonds. The van der Waals surface area contributed by atoms with Crippen molar-refractivity contribution in [3.8, 4) is 0 Å². The molecule has 1 saturated carbocycles. The minimum atomic E-state index is -0.0408. The summed E-state index contributed by atoms with van der Waals surface area (Å²) >= 11 is 3.39. The third-order valence-electron chi connectivity index (χ3n) is 2.00. The van der Waals surface area contributed by atoms with Gasteiger partial charge in [-0.2, -0.15) is 0 Å². The third kappa shape index (κ3) is 2.81. The van der Waals surface area contributed by atoms with Crippen LogP contribution in [0.4, 0.5) is 0 Å². The van der Waals surface area contributed by atoms with Crippen molar-refractivity contribution in [3.63, 3.8) is 0 Å². The Morgan fingerprint density at radius 2 is 2.36 bits per heavy atom. The molecule has 2 atom stereocenters. The fraction of sp³-hybridized carbons (Fsp3) is 0.875. The third-order valence-corrected chi connectivity index (χ3v) is 2.83. The van der Waals surface area contributed by atoms with Crippen LogP contribution in [0.1, 0.15) is 19.8 Å². The van der Waals surface area contributed by atoms with Gasteiger partial charge < -0.3 is 4.74 Å². The summed E-state index contributed by atoms with van der Waals surface area (Å²) in [6.45, 7) is 2.34. The molecular formula is C8H13BrO2. The van der Waals surface area contributed by atoms with Crippen molar-refractivity contribution < 1.29 is 9.53 Å². The van der Waals surface area contributed by atoms with Crippen molar-refractivity contribution >= 4 is 21.9 Å². The van der Waals surface area contributed by atoms with Crippen LogP contribution in [-0.4, -0.2) is 17.9 Å². The molecule has 1 aliphatic carbocycles. The van der Waals surface area contributed by atoms with Gasteiger partial charge in [-0.25, -0.2) is 0 Å². The van der Waals surface area contributed by atoms with Gasteiger partial charge in [0.2, 0.25) is 0 Å². The average Bonchev–Trinajstić information content (AvgIpc) is 2.68. The van der Waals surface area contributed by atoms with Gasteiger partial charge in [0.25, 0.3) is 0 Å². The lowest BCUT2D eigenvalue weighted by Crippen LogP contribution is -2.05. The van der Waals surface area contributed by atoms with Crippen molar-refractivity contribution in [2.75, 3.05) is 11.9 Å². The maximum Gasteiger partial charge on any atom is 0.306 e. The summed E-state index contributed by atoms with van der Waals surface area (Å²) in [5.41, 5.74) is 0. The molecular weight excluding hydrogens is 208 g/mol. The van der Waals surface area contributed by atoms with E-state index in [1.54, 1.807) is 0 Å². The van der Waals surface area contributed by atoms with Crippen LogP contribution in [0.5, 0.6) is 0 Å². The summed E-state index contributed by atoms with van der Waals surface area (Å²) < 4.78 is 4.83. The van der Waals surface area contributed by atoms with Gasteiger partial charge in [0, 0.05) is 11.8 Å². The second-order valence-electron chi connectivity index (χ2n) is 2.92. The summed E-state index contributed by atoms with van der Waals surface area (Å²) in [5.74, 6) is 1.27. The van der Waals surface area contributed by atoms with Crippen LogP contribution < -0.4 is 0 Å². The van der Waals surface area contributed by atoms with Crippen LogP contribution in [-0.2, 0) is 9.53 Å². The molecule has 0 aromatic heterocycles. The summed E-state index contributed by atoms with van der Waals surface area (Å²) in [6.07, 6.45) is 1.80. The topological polar surface area (TPSA) is 26.3 Å². The molecule has 0 aliphatic heterocycles. The van der Waals surface area contributed by atoms with Crippen molar-refractivity contribution in [1.29, 1.82) is 0 Å². The summed E-state index contributed by atoms with van der Waals surface area (Å²) in [5, 5.41) is 1.02. The van der Waals surface area contributed by atoms with E-state index in [4.69, 9.17) is 4.74 Å². The van der Waals surface area contributed by atoms with Gasteiger partial charge in [0.05, 0.1) is 6.61 Å². The molecule has 0 aromatic rings. The first kappa shape index (κ1) is 9.04. The van der Waals surface area contributed by atoms with Gasteiger partial charge in [0.1, 0.15) is 0 Å². The zero-order valence-electron chi connectivity index (χ0n) is 6.68. The number of alkyl halides is 1. The van der Waals surface area contributed by atoms with Gasteiger partial charge in [-0.05, 0) is 25.2 Å². The molecule has 0 radical (unpaired) electrons. The van der Waals surface area contributed by atoms with E-state index in [9.17, 15) is 4.79 Å². The molecule has 0 spiro atoms. The van der Waals surface area contributed by atoms with Crippen LogP contribution in [0.3, 0.4) is 0 Å². The minimum absolute atomic E-state index is 0.0408. The van der Waals surface area contributed by atoms with Crippen LogP contribution in [0.15, 0.2) is 0 Å². The maximum atomic E-state index is 10.9. The fourth-order valence-corrected chi connectivity index (χ4v) is 1.98. The molecule has 2 nitrogen and oxygen atoms in total. The number of ether oxygens (including phenoxy) is 1. The quantitative estimate of drug-likeness (QED) is 0.535. The largest absolute Gasteiger partial charge is 0.466 e. The predicted octanol–water partition coefficient (Wildman–Crippen LogP) is 1.97. The molecule has 2 unspecified atom stereocenters. The average molecular weight is 221 g/mol. The first-order valence-electron chi connectivity index (χ1n) is 3.99. The van der Waals surface area contributed by atoms with Crippen LogP contribution >= 0.6 is 15.9 Å². The highest BCUT2D eigenvalue weighted by molar-refractivity contribution is 9.09. The van der Waals surface area contributed by atoms with E-state index in [0.717, 1.165) is 11.2 Å². The van der Waals surface area contributed by atoms with Crippen molar-refractivity contribution in [2.24, 2.45) is 11.8 Å². The van der Waals surface area contributed by atoms with Crippen LogP contribution in [0.2, 0.25) is 0 Å². The van der Waals surface area contributed by atoms with E-state index in [-0.39, 0.29) is 5.97 Å². The minimum Gasteiger partial charge on any atom is -0.466 e. The van der Waals surface area contributed by atoms with Gasteiger partial charge in [0.15, 0.2) is 0 Å². The van der Waals surface area contributed by atoms with Crippen LogP contribution in [0, 0.1) is 11.8 Å². The molecule has 0 bridgehead atoms. The zero-order chi connectivity index (χ0) is 8.27. The number of halogens is 1. The summed E-state index contributed by atoms with van der Waals surface area (Å²) in [7, 11) is 0. The summed E-state index contributed by atoms with van der Waals surface area (Å²) in [4.78, 5) is 10.9. The molecule has 1 aliphatic rings. The Hall–Kier alpha value is -0.0500. The van der Waals surface area contributed by atoms with E-state index < -0.39 is 0 Å². The standard InChI is InChI=1S/C8H13BrO2/c1-2-11-8(10)4-6-3-7(6)5-9/h6-7H,2-5H2,1H3. The Morgan fingerprint density at radius 3 is 2.82 bits per heavy atom. The Balaban J connectivity index is 2.08. The molecule has 1 fully saturated rings. The van der Waals surface area contributed by atoms with Gasteiger partial charge in [-0.3, -0.25) is 4.79 Å². The Labute approximate surface area is 75.4 Å². The molecule has 0 heterocycles. The number of carbonyl (C=O) groups is 1. The molecule has 0 saturated heterocycles. The highest BCUT2D eigenvalue weighted by Gasteiger charge is 2.37. The molecule has 11 heavy (non-hydrogen) atoms. The normalized spacial score (nSPS) is 28.2. The SMILES string of the molecule is CCOC(=O)CC1CC1CBr. The van der Waals surface area contributed by atoms with Gasteiger partial charge >= 0.3 is 5.97 Å². The highest BCUT2D eigenvalue weighted by atomic mass is 79.9. The van der Waals surface area contributed by atoms with E-state index in [0.29, 0.717) is 18.9 Å². The molecule has 3 heteroatoms. The molecule has 64 valence electrons. The first-order valence-corrected chi connectivity index (χ1v) is 5.11. The van der Waals surface area contributed by atoms with Crippen molar-refractivity contribution in [1.82, 2.24) is 0 Å². The van der Waals surface area contributed by atoms with Crippen LogP contribution in [0.25, 0.3) is 0 Å². The number of hydrogen-bond donors (Lipinski definition) is 0. The Morgan fingerprint density at radius 1 is 1.64 bits per heavy atom. The van der Waals surface area contributed by atoms with Gasteiger partial charge in [-0.1, -0.05) is 15.9 Å². The monoisotopic (exact) mass is 220 g/mol. The Kier molecular flexibility index (Phi) is 3.37. The highest BCUT2D eigenvalue weighted by Crippen LogP contribution is 2.42. The second-order valence-corrected chi connectivity index (χ2v) is 3.57. The first-order chi connectivity index (χ1) is 5.27. The van der Waals surface area contributed by atoms with E-state index in [1.165, 1.54) is 6.42 Å². The van der Waals surface area contributed by atoms with E-state index in [1.807, 2.05) is 6.92 Å². The number of hydrogen-bond acceptors (Lipinski definition) is 2. The Bertz CT molecular complexity index is 147. The maximum absolute atomic E-state index is 10.9. The van der Waals surface area contributed by atoms with Crippen molar-refractivity contribution in [2.45, 2.75) is 19.8 Å². The number of esters is 1. The van der Waals surface area contributed by atoms with Gasteiger partial charge in [-0.15, -0.1) is 0 Å². The smallest absolute Gasteiger partial charge is 0.306 e. The van der Waals surface area contributed by atoms with E-state index in [2.05, 4.69) is 15.9 Å². The predicted molar refractivity (Wildman–Crippen MR) is 46.6 cm³/mol. The molecule has 0 aromatic carbocycles.